The van der Waals surface area contributed by atoms with E-state index in [1.165, 1.54) is 6.07 Å². The number of aliphatic hydroxyl groups excluding tert-OH is 1. The van der Waals surface area contributed by atoms with Crippen LogP contribution >= 0.6 is 23.2 Å². The number of hydrogen-bond acceptors (Lipinski definition) is 7. The first-order chi connectivity index (χ1) is 14.5. The molecular formula is C19H17Cl2FN4O4. The molecule has 2 saturated heterocycles. The van der Waals surface area contributed by atoms with Gasteiger partial charge < -0.3 is 29.6 Å². The van der Waals surface area contributed by atoms with Gasteiger partial charge in [-0.3, -0.25) is 0 Å². The van der Waals surface area contributed by atoms with Crippen LogP contribution in [0.4, 0.5) is 10.2 Å². The van der Waals surface area contributed by atoms with E-state index in [0.29, 0.717) is 27.6 Å². The normalized spacial score (nSPS) is 25.6. The molecule has 0 spiro atoms. The number of aliphatic hydroxyl groups is 1. The number of nitrogens with one attached hydrogen (secondary N) is 2. The highest BCUT2D eigenvalue weighted by Gasteiger charge is 2.48. The molecule has 0 radical (unpaired) electrons. The standard InChI is InChI=1S/C19H17Cl2FN4O4/c20-9-3-1-2-8(14(9)22)5-23-17-10(21)4-11-18(25-17)26-19(24-11)30-13-7-29-15-12(27)6-28-16(13)15/h1-4,12-13,15-16,27H,5-7H2,(H2,23,24,25,26)/t12-,13-,15-,16-/m1/s1. The third kappa shape index (κ3) is 3.57. The Hall–Kier alpha value is -2.17. The number of fused-ring (bicyclic) bond motifs is 2. The van der Waals surface area contributed by atoms with Gasteiger partial charge in [-0.15, -0.1) is 0 Å². The number of rotatable bonds is 5. The number of aromatic nitrogens is 3. The van der Waals surface area contributed by atoms with Gasteiger partial charge in [0.1, 0.15) is 29.9 Å². The summed E-state index contributed by atoms with van der Waals surface area (Å²) in [5, 5.41) is 13.2. The van der Waals surface area contributed by atoms with E-state index in [9.17, 15) is 9.50 Å². The summed E-state index contributed by atoms with van der Waals surface area (Å²) in [6, 6.07) is 6.68. The Labute approximate surface area is 180 Å². The number of benzene rings is 1. The molecule has 158 valence electrons. The fraction of sp³-hybridized carbons (Fsp3) is 0.368. The second-order valence-electron chi connectivity index (χ2n) is 7.12. The predicted molar refractivity (Wildman–Crippen MR) is 108 cm³/mol. The molecule has 2 aliphatic rings. The average molecular weight is 455 g/mol. The van der Waals surface area contributed by atoms with Crippen LogP contribution in [0.5, 0.6) is 6.01 Å². The molecule has 4 heterocycles. The van der Waals surface area contributed by atoms with Crippen molar-refractivity contribution in [2.24, 2.45) is 0 Å². The van der Waals surface area contributed by atoms with E-state index in [0.717, 1.165) is 0 Å². The summed E-state index contributed by atoms with van der Waals surface area (Å²) in [7, 11) is 0. The fourth-order valence-electron chi connectivity index (χ4n) is 3.63. The molecule has 11 heteroatoms. The van der Waals surface area contributed by atoms with Gasteiger partial charge in [-0.05, 0) is 12.1 Å². The number of pyridine rings is 1. The Morgan fingerprint density at radius 1 is 1.20 bits per heavy atom. The van der Waals surface area contributed by atoms with E-state index in [-0.39, 0.29) is 36.9 Å². The van der Waals surface area contributed by atoms with Crippen LogP contribution in [0.2, 0.25) is 10.0 Å². The lowest BCUT2D eigenvalue weighted by atomic mass is 10.1. The quantitative estimate of drug-likeness (QED) is 0.544. The van der Waals surface area contributed by atoms with Crippen molar-refractivity contribution >= 4 is 40.2 Å². The zero-order valence-corrected chi connectivity index (χ0v) is 17.0. The van der Waals surface area contributed by atoms with Gasteiger partial charge in [-0.2, -0.15) is 4.98 Å². The molecule has 0 amide bonds. The minimum Gasteiger partial charge on any atom is -0.456 e. The van der Waals surface area contributed by atoms with E-state index in [2.05, 4.69) is 20.3 Å². The lowest BCUT2D eigenvalue weighted by Crippen LogP contribution is -2.34. The minimum atomic E-state index is -0.655. The highest BCUT2D eigenvalue weighted by Crippen LogP contribution is 2.31. The van der Waals surface area contributed by atoms with Crippen molar-refractivity contribution in [2.45, 2.75) is 31.0 Å². The average Bonchev–Trinajstić information content (AvgIpc) is 3.40. The van der Waals surface area contributed by atoms with Gasteiger partial charge in [-0.1, -0.05) is 35.3 Å². The first-order valence-corrected chi connectivity index (χ1v) is 10.1. The van der Waals surface area contributed by atoms with E-state index in [4.69, 9.17) is 37.4 Å². The number of H-pyrrole nitrogens is 1. The van der Waals surface area contributed by atoms with Crippen LogP contribution < -0.4 is 10.1 Å². The maximum Gasteiger partial charge on any atom is 0.296 e. The molecule has 0 saturated carbocycles. The Morgan fingerprint density at radius 2 is 2.03 bits per heavy atom. The number of nitrogens with zero attached hydrogens (tertiary/aromatic N) is 2. The Morgan fingerprint density at radius 3 is 2.90 bits per heavy atom. The van der Waals surface area contributed by atoms with Crippen LogP contribution in [0.15, 0.2) is 24.3 Å². The smallest absolute Gasteiger partial charge is 0.296 e. The molecule has 0 aliphatic carbocycles. The van der Waals surface area contributed by atoms with Gasteiger partial charge in [0.15, 0.2) is 11.8 Å². The molecule has 8 nitrogen and oxygen atoms in total. The lowest BCUT2D eigenvalue weighted by molar-refractivity contribution is 0.00706. The molecule has 2 fully saturated rings. The Kier molecular flexibility index (Phi) is 5.16. The van der Waals surface area contributed by atoms with E-state index >= 15 is 0 Å². The van der Waals surface area contributed by atoms with Crippen LogP contribution in [0, 0.1) is 5.82 Å². The molecule has 2 aliphatic heterocycles. The molecule has 0 bridgehead atoms. The summed E-state index contributed by atoms with van der Waals surface area (Å²) in [6.07, 6.45) is -1.80. The zero-order valence-electron chi connectivity index (χ0n) is 15.4. The van der Waals surface area contributed by atoms with Crippen LogP contribution in [-0.2, 0) is 16.0 Å². The van der Waals surface area contributed by atoms with Crippen molar-refractivity contribution in [1.29, 1.82) is 0 Å². The van der Waals surface area contributed by atoms with Crippen molar-refractivity contribution in [3.8, 4) is 6.01 Å². The van der Waals surface area contributed by atoms with Crippen LogP contribution in [0.25, 0.3) is 11.2 Å². The highest BCUT2D eigenvalue weighted by molar-refractivity contribution is 6.33. The monoisotopic (exact) mass is 454 g/mol. The first-order valence-electron chi connectivity index (χ1n) is 9.30. The molecule has 2 aromatic heterocycles. The third-order valence-electron chi connectivity index (χ3n) is 5.13. The van der Waals surface area contributed by atoms with Gasteiger partial charge in [0, 0.05) is 12.1 Å². The van der Waals surface area contributed by atoms with Gasteiger partial charge in [-0.25, -0.2) is 9.37 Å². The largest absolute Gasteiger partial charge is 0.456 e. The van der Waals surface area contributed by atoms with Gasteiger partial charge in [0.25, 0.3) is 6.01 Å². The SMILES string of the molecule is O[C@@H]1CO[C@H]2[C@@H]1OC[C@H]2Oc1nc2nc(NCc3cccc(Cl)c3F)c(Cl)cc2[nH]1. The minimum absolute atomic E-state index is 0.0507. The predicted octanol–water partition coefficient (Wildman–Crippen LogP) is 2.92. The van der Waals surface area contributed by atoms with Crippen molar-refractivity contribution in [1.82, 2.24) is 15.0 Å². The topological polar surface area (TPSA) is 102 Å². The highest BCUT2D eigenvalue weighted by atomic mass is 35.5. The number of aromatic amines is 1. The summed E-state index contributed by atoms with van der Waals surface area (Å²) in [4.78, 5) is 11.7. The molecular weight excluding hydrogens is 438 g/mol. The molecule has 4 atom stereocenters. The van der Waals surface area contributed by atoms with Crippen LogP contribution in [0.3, 0.4) is 0 Å². The van der Waals surface area contributed by atoms with E-state index < -0.39 is 24.1 Å². The summed E-state index contributed by atoms with van der Waals surface area (Å²) in [5.74, 6) is -0.135. The number of halogens is 3. The van der Waals surface area contributed by atoms with Crippen LogP contribution in [0.1, 0.15) is 5.56 Å². The van der Waals surface area contributed by atoms with Crippen molar-refractivity contribution in [3.05, 3.63) is 45.7 Å². The Bertz CT molecular complexity index is 1100. The maximum atomic E-state index is 14.1. The number of hydrogen-bond donors (Lipinski definition) is 3. The number of ether oxygens (including phenoxy) is 3. The lowest BCUT2D eigenvalue weighted by Gasteiger charge is -2.15. The third-order valence-corrected chi connectivity index (χ3v) is 5.71. The molecule has 5 rings (SSSR count). The van der Waals surface area contributed by atoms with Gasteiger partial charge in [0.2, 0.25) is 0 Å². The van der Waals surface area contributed by atoms with E-state index in [1.54, 1.807) is 18.2 Å². The molecule has 1 aromatic carbocycles. The van der Waals surface area contributed by atoms with E-state index in [1.807, 2.05) is 0 Å². The molecule has 3 aromatic rings. The van der Waals surface area contributed by atoms with Crippen molar-refractivity contribution in [2.75, 3.05) is 18.5 Å². The first kappa shape index (κ1) is 19.8. The summed E-state index contributed by atoms with van der Waals surface area (Å²) < 4.78 is 31.0. The fourth-order valence-corrected chi connectivity index (χ4v) is 4.04. The summed E-state index contributed by atoms with van der Waals surface area (Å²) >= 11 is 12.1. The summed E-state index contributed by atoms with van der Waals surface area (Å²) in [5.41, 5.74) is 1.35. The molecule has 0 unspecified atom stereocenters. The molecule has 30 heavy (non-hydrogen) atoms. The van der Waals surface area contributed by atoms with Crippen molar-refractivity contribution in [3.63, 3.8) is 0 Å². The second kappa shape index (κ2) is 7.82. The number of anilines is 1. The van der Waals surface area contributed by atoms with Crippen LogP contribution in [-0.4, -0.2) is 57.7 Å². The molecule has 3 N–H and O–H groups in total. The Balaban J connectivity index is 1.32. The van der Waals surface area contributed by atoms with Crippen molar-refractivity contribution < 1.29 is 23.7 Å². The summed E-state index contributed by atoms with van der Waals surface area (Å²) in [6.45, 7) is 0.658. The van der Waals surface area contributed by atoms with Gasteiger partial charge in [0.05, 0.1) is 28.8 Å². The zero-order chi connectivity index (χ0) is 20.8. The van der Waals surface area contributed by atoms with Gasteiger partial charge >= 0.3 is 0 Å². The second-order valence-corrected chi connectivity index (χ2v) is 7.93. The maximum absolute atomic E-state index is 14.1. The number of imidazole rings is 1.